The zero-order valence-electron chi connectivity index (χ0n) is 23.9. The van der Waals surface area contributed by atoms with E-state index in [0.717, 1.165) is 37.0 Å². The molecule has 3 heterocycles. The van der Waals surface area contributed by atoms with Gasteiger partial charge in [-0.25, -0.2) is 0 Å². The van der Waals surface area contributed by atoms with E-state index in [1.807, 2.05) is 89.7 Å². The first kappa shape index (κ1) is 29.8. The number of halogens is 2. The number of carbonyl (C=O) groups is 3. The van der Waals surface area contributed by atoms with Crippen LogP contribution in [0.25, 0.3) is 10.9 Å². The number of hydrogen-bond donors (Lipinski definition) is 2. The maximum Gasteiger partial charge on any atom is 0.242 e. The molecule has 3 aromatic carbocycles. The number of carbonyl (C=O) groups excluding carboxylic acids is 3. The normalized spacial score (nSPS) is 22.0. The van der Waals surface area contributed by atoms with Gasteiger partial charge in [0, 0.05) is 69.7 Å². The zero-order valence-corrected chi connectivity index (χ0v) is 27.1. The van der Waals surface area contributed by atoms with Crippen LogP contribution in [0.15, 0.2) is 82.3 Å². The summed E-state index contributed by atoms with van der Waals surface area (Å²) < 4.78 is -0.196. The summed E-state index contributed by atoms with van der Waals surface area (Å²) in [6.07, 6.45) is 2.64. The third kappa shape index (κ3) is 5.95. The number of likely N-dealkylation sites (tertiary alicyclic amines) is 2. The first-order chi connectivity index (χ1) is 20.6. The molecule has 6 rings (SSSR count). The average molecular weight is 680 g/mol. The van der Waals surface area contributed by atoms with Gasteiger partial charge in [-0.2, -0.15) is 0 Å². The quantitative estimate of drug-likeness (QED) is 0.230. The van der Waals surface area contributed by atoms with Crippen molar-refractivity contribution in [3.8, 4) is 0 Å². The van der Waals surface area contributed by atoms with E-state index in [0.29, 0.717) is 31.1 Å². The van der Waals surface area contributed by atoms with E-state index in [1.54, 1.807) is 0 Å². The average Bonchev–Trinajstić information content (AvgIpc) is 3.67. The molecule has 3 amide bonds. The lowest BCUT2D eigenvalue weighted by molar-refractivity contribution is -0.134. The van der Waals surface area contributed by atoms with Crippen LogP contribution >= 0.6 is 39.3 Å². The van der Waals surface area contributed by atoms with Crippen LogP contribution < -0.4 is 5.32 Å². The highest BCUT2D eigenvalue weighted by Crippen LogP contribution is 2.55. The van der Waals surface area contributed by atoms with Gasteiger partial charge in [-0.3, -0.25) is 14.4 Å². The molecule has 0 saturated carbocycles. The Morgan fingerprint density at radius 1 is 1.12 bits per heavy atom. The van der Waals surface area contributed by atoms with Crippen LogP contribution in [0.4, 0.5) is 0 Å². The number of thioether (sulfide) groups is 1. The van der Waals surface area contributed by atoms with E-state index < -0.39 is 10.8 Å². The summed E-state index contributed by atoms with van der Waals surface area (Å²) in [6, 6.07) is 21.0. The zero-order chi connectivity index (χ0) is 30.3. The van der Waals surface area contributed by atoms with Gasteiger partial charge in [0.05, 0.1) is 12.5 Å². The van der Waals surface area contributed by atoms with Crippen LogP contribution in [0.5, 0.6) is 0 Å². The van der Waals surface area contributed by atoms with Gasteiger partial charge in [0.2, 0.25) is 17.7 Å². The van der Waals surface area contributed by atoms with Gasteiger partial charge in [-0.15, -0.1) is 11.8 Å². The topological polar surface area (TPSA) is 85.5 Å². The molecule has 0 radical (unpaired) electrons. The lowest BCUT2D eigenvalue weighted by Crippen LogP contribution is -2.50. The number of hydrogen-bond acceptors (Lipinski definition) is 4. The Labute approximate surface area is 268 Å². The first-order valence-electron chi connectivity index (χ1n) is 14.3. The number of rotatable bonds is 7. The second-order valence-corrected chi connectivity index (χ2v) is 14.2. The molecule has 2 aliphatic rings. The lowest BCUT2D eigenvalue weighted by atomic mass is 9.90. The van der Waals surface area contributed by atoms with Gasteiger partial charge < -0.3 is 20.1 Å². The Morgan fingerprint density at radius 2 is 1.86 bits per heavy atom. The Hall–Kier alpha value is -3.27. The Bertz CT molecular complexity index is 1690. The van der Waals surface area contributed by atoms with E-state index in [-0.39, 0.29) is 30.2 Å². The van der Waals surface area contributed by atoms with E-state index in [9.17, 15) is 14.4 Å². The number of benzene rings is 3. The molecule has 2 N–H and O–H groups in total. The molecule has 0 aliphatic carbocycles. The standard InChI is InChI=1S/C33H32BrClN4O3S/c1-20-3-10-26(11-4-20)43-33(32(42)38-14-13-25(19-38)37-21(2)40)16-30(41)39(18-22-5-7-23(34)8-6-22)31(33)28-17-36-29-15-24(35)9-12-27(28)29/h3-12,15,17,25,31,36H,13-14,16,18-19H2,1-2H3,(H,37,40)/t25-,31-,33-/m0/s1. The molecular weight excluding hydrogens is 648 g/mol. The molecule has 0 bridgehead atoms. The van der Waals surface area contributed by atoms with Crippen molar-refractivity contribution in [3.63, 3.8) is 0 Å². The SMILES string of the molecule is CC(=O)N[C@H]1CCN(C(=O)[C@]2(Sc3ccc(C)cc3)CC(=O)N(Cc3ccc(Br)cc3)[C@H]2c2c[nH]c3cc(Cl)ccc23)C1. The van der Waals surface area contributed by atoms with Crippen molar-refractivity contribution in [3.05, 3.63) is 99.1 Å². The number of aryl methyl sites for hydroxylation is 1. The fraction of sp³-hybridized carbons (Fsp3) is 0.303. The largest absolute Gasteiger partial charge is 0.361 e. The van der Waals surface area contributed by atoms with Crippen LogP contribution in [-0.2, 0) is 20.9 Å². The van der Waals surface area contributed by atoms with Gasteiger partial charge >= 0.3 is 0 Å². The number of amides is 3. The summed E-state index contributed by atoms with van der Waals surface area (Å²) in [5.41, 5.74) is 3.81. The molecular formula is C33H32BrClN4O3S. The Morgan fingerprint density at radius 3 is 2.58 bits per heavy atom. The van der Waals surface area contributed by atoms with Crippen molar-refractivity contribution in [1.82, 2.24) is 20.1 Å². The second kappa shape index (κ2) is 12.0. The highest BCUT2D eigenvalue weighted by atomic mass is 79.9. The van der Waals surface area contributed by atoms with Gasteiger partial charge in [0.1, 0.15) is 4.75 Å². The summed E-state index contributed by atoms with van der Waals surface area (Å²) in [4.78, 5) is 48.9. The van der Waals surface area contributed by atoms with Crippen molar-refractivity contribution >= 4 is 67.9 Å². The third-order valence-electron chi connectivity index (χ3n) is 8.29. The molecule has 3 atom stereocenters. The molecule has 222 valence electrons. The number of aromatic amines is 1. The molecule has 1 aromatic heterocycles. The van der Waals surface area contributed by atoms with Crippen molar-refractivity contribution < 1.29 is 14.4 Å². The van der Waals surface area contributed by atoms with E-state index in [4.69, 9.17) is 11.6 Å². The maximum atomic E-state index is 14.9. The smallest absolute Gasteiger partial charge is 0.242 e. The molecule has 2 fully saturated rings. The van der Waals surface area contributed by atoms with E-state index in [2.05, 4.69) is 26.2 Å². The number of fused-ring (bicyclic) bond motifs is 1. The number of H-pyrrole nitrogens is 1. The minimum absolute atomic E-state index is 0.0487. The number of nitrogens with one attached hydrogen (secondary N) is 2. The summed E-state index contributed by atoms with van der Waals surface area (Å²) in [7, 11) is 0. The molecule has 10 heteroatoms. The van der Waals surface area contributed by atoms with E-state index >= 15 is 0 Å². The Balaban J connectivity index is 1.50. The van der Waals surface area contributed by atoms with Crippen LogP contribution in [-0.4, -0.2) is 56.4 Å². The van der Waals surface area contributed by atoms with Gasteiger partial charge in [-0.05, 0) is 55.3 Å². The second-order valence-electron chi connectivity index (χ2n) is 11.4. The van der Waals surface area contributed by atoms with Crippen molar-refractivity contribution in [1.29, 1.82) is 0 Å². The molecule has 0 unspecified atom stereocenters. The molecule has 2 aliphatic heterocycles. The lowest BCUT2D eigenvalue weighted by Gasteiger charge is -2.38. The fourth-order valence-corrected chi connectivity index (χ4v) is 8.22. The summed E-state index contributed by atoms with van der Waals surface area (Å²) in [5.74, 6) is -0.289. The maximum absolute atomic E-state index is 14.9. The molecule has 7 nitrogen and oxygen atoms in total. The third-order valence-corrected chi connectivity index (χ3v) is 10.5. The summed E-state index contributed by atoms with van der Waals surface area (Å²) in [5, 5.41) is 4.50. The molecule has 2 saturated heterocycles. The van der Waals surface area contributed by atoms with Crippen molar-refractivity contribution in [2.75, 3.05) is 13.1 Å². The minimum atomic E-state index is -1.15. The molecule has 0 spiro atoms. The Kier molecular flexibility index (Phi) is 8.33. The van der Waals surface area contributed by atoms with Gasteiger partial charge in [-0.1, -0.05) is 63.4 Å². The highest BCUT2D eigenvalue weighted by molar-refractivity contribution is 9.10. The van der Waals surface area contributed by atoms with Crippen LogP contribution in [0, 0.1) is 6.92 Å². The molecule has 43 heavy (non-hydrogen) atoms. The fourth-order valence-electron chi connectivity index (χ4n) is 6.31. The number of nitrogens with zero attached hydrogens (tertiary/aromatic N) is 2. The highest BCUT2D eigenvalue weighted by Gasteiger charge is 2.60. The van der Waals surface area contributed by atoms with Crippen LogP contribution in [0.2, 0.25) is 5.02 Å². The van der Waals surface area contributed by atoms with Crippen LogP contribution in [0.1, 0.15) is 42.5 Å². The summed E-state index contributed by atoms with van der Waals surface area (Å²) in [6.45, 7) is 4.80. The predicted molar refractivity (Wildman–Crippen MR) is 174 cm³/mol. The minimum Gasteiger partial charge on any atom is -0.361 e. The monoisotopic (exact) mass is 678 g/mol. The number of aromatic nitrogens is 1. The van der Waals surface area contributed by atoms with Gasteiger partial charge in [0.15, 0.2) is 0 Å². The predicted octanol–water partition coefficient (Wildman–Crippen LogP) is 6.63. The van der Waals surface area contributed by atoms with E-state index in [1.165, 1.54) is 18.7 Å². The first-order valence-corrected chi connectivity index (χ1v) is 16.2. The van der Waals surface area contributed by atoms with Crippen molar-refractivity contribution in [2.24, 2.45) is 0 Å². The summed E-state index contributed by atoms with van der Waals surface area (Å²) >= 11 is 11.3. The molecule has 4 aromatic rings. The van der Waals surface area contributed by atoms with Crippen LogP contribution in [0.3, 0.4) is 0 Å². The van der Waals surface area contributed by atoms with Crippen molar-refractivity contribution in [2.45, 2.75) is 55.0 Å². The van der Waals surface area contributed by atoms with Gasteiger partial charge in [0.25, 0.3) is 0 Å².